The molecule has 0 atom stereocenters. The maximum atomic E-state index is 11.7. The Labute approximate surface area is 162 Å². The topological polar surface area (TPSA) is 109 Å². The molecule has 0 fully saturated rings. The third-order valence-electron chi connectivity index (χ3n) is 4.30. The predicted molar refractivity (Wildman–Crippen MR) is 105 cm³/mol. The van der Waals surface area contributed by atoms with Crippen LogP contribution in [0.15, 0.2) is 42.5 Å². The fourth-order valence-corrected chi connectivity index (χ4v) is 3.29. The van der Waals surface area contributed by atoms with Crippen LogP contribution >= 0.6 is 0 Å². The second-order valence-electron chi connectivity index (χ2n) is 6.37. The van der Waals surface area contributed by atoms with E-state index in [0.29, 0.717) is 18.8 Å². The van der Waals surface area contributed by atoms with Crippen molar-refractivity contribution in [3.8, 4) is 5.75 Å². The van der Waals surface area contributed by atoms with Crippen molar-refractivity contribution in [1.29, 1.82) is 0 Å². The Bertz CT molecular complexity index is 1120. The van der Waals surface area contributed by atoms with Crippen molar-refractivity contribution in [2.75, 3.05) is 18.9 Å². The Morgan fingerprint density at radius 3 is 2.71 bits per heavy atom. The molecular weight excluding hydrogens is 382 g/mol. The summed E-state index contributed by atoms with van der Waals surface area (Å²) in [6.45, 7) is 0.207. The third kappa shape index (κ3) is 4.93. The third-order valence-corrected chi connectivity index (χ3v) is 5.02. The molecule has 8 nitrogen and oxygen atoms in total. The van der Waals surface area contributed by atoms with Crippen molar-refractivity contribution < 1.29 is 27.1 Å². The molecule has 0 aliphatic rings. The molecule has 0 aliphatic heterocycles. The second kappa shape index (κ2) is 8.49. The number of aryl methyl sites for hydroxylation is 1. The van der Waals surface area contributed by atoms with Gasteiger partial charge in [0.2, 0.25) is 16.9 Å². The molecule has 1 aromatic heterocycles. The lowest BCUT2D eigenvalue weighted by atomic mass is 10.2. The average Bonchev–Trinajstić information content (AvgIpc) is 2.65. The molecule has 3 rings (SSSR count). The lowest BCUT2D eigenvalue weighted by Gasteiger charge is -2.09. The van der Waals surface area contributed by atoms with Gasteiger partial charge in [0.15, 0.2) is 11.3 Å². The first kappa shape index (κ1) is 20.0. The van der Waals surface area contributed by atoms with Crippen LogP contribution in [0.4, 0.5) is 0 Å². The van der Waals surface area contributed by atoms with E-state index in [-0.39, 0.29) is 18.9 Å². The van der Waals surface area contributed by atoms with Crippen LogP contribution in [-0.4, -0.2) is 42.8 Å². The Morgan fingerprint density at radius 2 is 1.93 bits per heavy atom. The van der Waals surface area contributed by atoms with Gasteiger partial charge >= 0.3 is 0 Å². The number of nitrogens with zero attached hydrogens (tertiary/aromatic N) is 2. The molecule has 1 amide bonds. The number of rotatable bonds is 8. The van der Waals surface area contributed by atoms with Gasteiger partial charge in [-0.2, -0.15) is 13.0 Å². The van der Waals surface area contributed by atoms with E-state index in [1.54, 1.807) is 0 Å². The van der Waals surface area contributed by atoms with Gasteiger partial charge in [-0.3, -0.25) is 9.35 Å². The Balaban J connectivity index is 1.61. The average molecular weight is 404 g/mol. The van der Waals surface area contributed by atoms with Crippen LogP contribution in [0.25, 0.3) is 22.1 Å². The number of hydrogen-bond donors (Lipinski definition) is 2. The molecule has 9 heteroatoms. The fourth-order valence-electron chi connectivity index (χ4n) is 2.93. The number of carbonyl (C=O) groups is 1. The van der Waals surface area contributed by atoms with Gasteiger partial charge in [-0.05, 0) is 18.6 Å². The van der Waals surface area contributed by atoms with Crippen molar-refractivity contribution in [3.63, 3.8) is 0 Å². The summed E-state index contributed by atoms with van der Waals surface area (Å²) in [6.07, 6.45) is 0.661. The molecule has 0 bridgehead atoms. The van der Waals surface area contributed by atoms with Crippen molar-refractivity contribution >= 4 is 38.1 Å². The van der Waals surface area contributed by atoms with E-state index in [2.05, 4.69) is 9.88 Å². The number of nitrogens with one attached hydrogen (secondary N) is 1. The van der Waals surface area contributed by atoms with Crippen LogP contribution in [0.2, 0.25) is 0 Å². The summed E-state index contributed by atoms with van der Waals surface area (Å²) in [5.41, 5.74) is 3.58. The summed E-state index contributed by atoms with van der Waals surface area (Å²) in [7, 11) is -2.09. The van der Waals surface area contributed by atoms with Gasteiger partial charge < -0.3 is 10.1 Å². The van der Waals surface area contributed by atoms with Crippen LogP contribution in [-0.2, 0) is 22.0 Å². The van der Waals surface area contributed by atoms with E-state index < -0.39 is 15.9 Å². The number of hydrogen-bond acceptors (Lipinski definition) is 5. The predicted octanol–water partition coefficient (Wildman–Crippen LogP) is 1.38. The maximum absolute atomic E-state index is 11.7. The van der Waals surface area contributed by atoms with Gasteiger partial charge in [-0.25, -0.2) is 4.98 Å². The lowest BCUT2D eigenvalue weighted by Crippen LogP contribution is -2.30. The highest BCUT2D eigenvalue weighted by Crippen LogP contribution is 2.23. The Kier molecular flexibility index (Phi) is 6.05. The van der Waals surface area contributed by atoms with Crippen LogP contribution < -0.4 is 14.6 Å². The summed E-state index contributed by atoms with van der Waals surface area (Å²) < 4.78 is 37.8. The molecule has 0 unspecified atom stereocenters. The summed E-state index contributed by atoms with van der Waals surface area (Å²) >= 11 is 0. The molecule has 148 valence electrons. The number of carbonyl (C=O) groups excluding carboxylic acids is 1. The number of ether oxygens (including phenoxy) is 1. The highest BCUT2D eigenvalue weighted by Gasteiger charge is 2.16. The molecule has 2 N–H and O–H groups in total. The first-order chi connectivity index (χ1) is 13.3. The highest BCUT2D eigenvalue weighted by atomic mass is 32.2. The number of aromatic nitrogens is 2. The zero-order valence-corrected chi connectivity index (χ0v) is 16.3. The first-order valence-corrected chi connectivity index (χ1v) is 10.5. The van der Waals surface area contributed by atoms with E-state index >= 15 is 0 Å². The van der Waals surface area contributed by atoms with Gasteiger partial charge in [0, 0.05) is 25.1 Å². The highest BCUT2D eigenvalue weighted by molar-refractivity contribution is 7.85. The van der Waals surface area contributed by atoms with Crippen molar-refractivity contribution in [2.24, 2.45) is 7.05 Å². The van der Waals surface area contributed by atoms with Crippen LogP contribution in [0.3, 0.4) is 0 Å². The van der Waals surface area contributed by atoms with Gasteiger partial charge in [0.1, 0.15) is 12.6 Å². The SMILES string of the molecule is C[n+]1c2ccccc2nc2c(OCCCC(=O)NCCS(=O)(=O)O)cccc21. The molecule has 0 saturated carbocycles. The zero-order valence-electron chi connectivity index (χ0n) is 15.5. The van der Waals surface area contributed by atoms with E-state index in [1.165, 1.54) is 0 Å². The molecule has 2 aromatic carbocycles. The fraction of sp³-hybridized carbons (Fsp3) is 0.316. The molecule has 0 saturated heterocycles. The van der Waals surface area contributed by atoms with Crippen LogP contribution in [0.5, 0.6) is 5.75 Å². The largest absolute Gasteiger partial charge is 0.491 e. The maximum Gasteiger partial charge on any atom is 0.266 e. The summed E-state index contributed by atoms with van der Waals surface area (Å²) in [5.74, 6) is -0.145. The van der Waals surface area contributed by atoms with E-state index in [4.69, 9.17) is 14.3 Å². The zero-order chi connectivity index (χ0) is 20.1. The Hall–Kier alpha value is -2.78. The molecule has 0 aliphatic carbocycles. The molecule has 0 spiro atoms. The second-order valence-corrected chi connectivity index (χ2v) is 7.94. The minimum atomic E-state index is -4.07. The molecular formula is C19H22N3O5S+. The lowest BCUT2D eigenvalue weighted by molar-refractivity contribution is -0.617. The normalized spacial score (nSPS) is 11.6. The van der Waals surface area contributed by atoms with Gasteiger partial charge in [0.05, 0.1) is 12.4 Å². The van der Waals surface area contributed by atoms with E-state index in [9.17, 15) is 13.2 Å². The van der Waals surface area contributed by atoms with Gasteiger partial charge in [-0.1, -0.05) is 18.2 Å². The van der Waals surface area contributed by atoms with Crippen LogP contribution in [0.1, 0.15) is 12.8 Å². The first-order valence-electron chi connectivity index (χ1n) is 8.87. The van der Waals surface area contributed by atoms with Gasteiger partial charge in [-0.15, -0.1) is 0 Å². The molecule has 3 aromatic rings. The van der Waals surface area contributed by atoms with Crippen molar-refractivity contribution in [3.05, 3.63) is 42.5 Å². The summed E-state index contributed by atoms with van der Waals surface area (Å²) in [4.78, 5) is 16.4. The molecule has 0 radical (unpaired) electrons. The number of benzene rings is 2. The summed E-state index contributed by atoms with van der Waals surface area (Å²) in [6, 6.07) is 13.6. The smallest absolute Gasteiger partial charge is 0.266 e. The number of amides is 1. The standard InChI is InChI=1S/C19H21N3O5S/c1-22-15-7-3-2-6-14(15)21-19-16(22)8-4-9-17(19)27-12-5-10-18(23)20-11-13-28(24,25)26/h2-4,6-9H,5,10-13H2,1H3,(H-,20,23,24,25,26)/p+1. The molecule has 28 heavy (non-hydrogen) atoms. The molecule has 1 heterocycles. The quantitative estimate of drug-likeness (QED) is 0.254. The van der Waals surface area contributed by atoms with Crippen molar-refractivity contribution in [1.82, 2.24) is 10.3 Å². The monoisotopic (exact) mass is 404 g/mol. The minimum absolute atomic E-state index is 0.116. The Morgan fingerprint density at radius 1 is 1.18 bits per heavy atom. The van der Waals surface area contributed by atoms with Gasteiger partial charge in [0.25, 0.3) is 10.1 Å². The van der Waals surface area contributed by atoms with E-state index in [1.807, 2.05) is 49.5 Å². The number of para-hydroxylation sites is 3. The van der Waals surface area contributed by atoms with E-state index in [0.717, 1.165) is 22.1 Å². The minimum Gasteiger partial charge on any atom is -0.491 e. The summed E-state index contributed by atoms with van der Waals surface area (Å²) in [5, 5.41) is 2.45. The van der Waals surface area contributed by atoms with Crippen LogP contribution in [0, 0.1) is 0 Å². The number of fused-ring (bicyclic) bond motifs is 2. The van der Waals surface area contributed by atoms with Crippen molar-refractivity contribution in [2.45, 2.75) is 12.8 Å².